The molecule has 2 N–H and O–H groups in total. The van der Waals surface area contributed by atoms with Crippen molar-refractivity contribution in [1.29, 1.82) is 0 Å². The van der Waals surface area contributed by atoms with Crippen LogP contribution in [0.1, 0.15) is 56.0 Å². The van der Waals surface area contributed by atoms with Gasteiger partial charge in [0, 0.05) is 18.8 Å². The van der Waals surface area contributed by atoms with Crippen LogP contribution in [0, 0.1) is 0 Å². The number of nitrogens with zero attached hydrogens (tertiary/aromatic N) is 2. The second kappa shape index (κ2) is 6.54. The maximum absolute atomic E-state index is 11.9. The average Bonchev–Trinajstić information content (AvgIpc) is 3.03. The molecule has 1 amide bonds. The number of furan rings is 1. The summed E-state index contributed by atoms with van der Waals surface area (Å²) in [5, 5.41) is 16.9. The third-order valence-corrected chi connectivity index (χ3v) is 3.90. The third kappa shape index (κ3) is 4.19. The summed E-state index contributed by atoms with van der Waals surface area (Å²) in [5.41, 5.74) is -1.22. The number of aromatic nitrogens is 2. The minimum absolute atomic E-state index is 0.103. The molecule has 2 heterocycles. The number of rotatable bonds is 8. The van der Waals surface area contributed by atoms with E-state index in [0.29, 0.717) is 36.8 Å². The van der Waals surface area contributed by atoms with Gasteiger partial charge in [0.1, 0.15) is 11.4 Å². The molecule has 3 rings (SSSR count). The van der Waals surface area contributed by atoms with Gasteiger partial charge in [-0.3, -0.25) is 4.79 Å². The lowest BCUT2D eigenvalue weighted by Crippen LogP contribution is -2.38. The quantitative estimate of drug-likeness (QED) is 0.770. The van der Waals surface area contributed by atoms with Crippen LogP contribution in [-0.4, -0.2) is 27.7 Å². The Hall–Kier alpha value is -2.15. The highest BCUT2D eigenvalue weighted by atomic mass is 16.5. The predicted octanol–water partition coefficient (Wildman–Crippen LogP) is 1.89. The Morgan fingerprint density at radius 2 is 2.35 bits per heavy atom. The lowest BCUT2D eigenvalue weighted by molar-refractivity contribution is -0.122. The summed E-state index contributed by atoms with van der Waals surface area (Å²) >= 11 is 0. The minimum Gasteiger partial charge on any atom is -0.466 e. The van der Waals surface area contributed by atoms with Crippen LogP contribution in [-0.2, 0) is 16.8 Å². The normalized spacial score (nSPS) is 17.0. The van der Waals surface area contributed by atoms with E-state index in [0.717, 1.165) is 18.7 Å². The summed E-state index contributed by atoms with van der Waals surface area (Å²) in [6, 6.07) is 3.38. The monoisotopic (exact) mass is 319 g/mol. The molecule has 0 radical (unpaired) electrons. The number of hydrogen-bond acceptors (Lipinski definition) is 6. The molecule has 2 aromatic rings. The number of hydrogen-bond donors (Lipinski definition) is 2. The van der Waals surface area contributed by atoms with Crippen LogP contribution >= 0.6 is 0 Å². The first-order valence-corrected chi connectivity index (χ1v) is 7.90. The molecular weight excluding hydrogens is 298 g/mol. The summed E-state index contributed by atoms with van der Waals surface area (Å²) in [5.74, 6) is 2.15. The molecule has 1 aliphatic carbocycles. The van der Waals surface area contributed by atoms with Gasteiger partial charge >= 0.3 is 0 Å². The first-order chi connectivity index (χ1) is 11.0. The molecule has 2 aromatic heterocycles. The van der Waals surface area contributed by atoms with Crippen LogP contribution in [0.5, 0.6) is 0 Å². The van der Waals surface area contributed by atoms with E-state index < -0.39 is 5.60 Å². The van der Waals surface area contributed by atoms with Crippen molar-refractivity contribution < 1.29 is 18.8 Å². The zero-order chi connectivity index (χ0) is 16.3. The van der Waals surface area contributed by atoms with Crippen LogP contribution < -0.4 is 5.32 Å². The summed E-state index contributed by atoms with van der Waals surface area (Å²) in [6.45, 7) is 1.70. The maximum Gasteiger partial charge on any atom is 0.226 e. The first-order valence-electron chi connectivity index (χ1n) is 7.90. The zero-order valence-electron chi connectivity index (χ0n) is 13.1. The molecule has 1 saturated carbocycles. The van der Waals surface area contributed by atoms with Gasteiger partial charge in [-0.05, 0) is 38.3 Å². The topological polar surface area (TPSA) is 101 Å². The molecule has 0 spiro atoms. The second-order valence-electron chi connectivity index (χ2n) is 6.20. The summed E-state index contributed by atoms with van der Waals surface area (Å²) < 4.78 is 10.3. The van der Waals surface area contributed by atoms with Crippen molar-refractivity contribution in [2.24, 2.45) is 0 Å². The number of aryl methyl sites for hydroxylation is 1. The fraction of sp³-hybridized carbons (Fsp3) is 0.562. The molecule has 0 aliphatic heterocycles. The number of nitrogens with one attached hydrogen (secondary N) is 1. The van der Waals surface area contributed by atoms with Crippen LogP contribution in [0.4, 0.5) is 0 Å². The molecule has 1 fully saturated rings. The van der Waals surface area contributed by atoms with Gasteiger partial charge in [-0.2, -0.15) is 4.98 Å². The molecule has 1 aliphatic rings. The molecule has 124 valence electrons. The maximum atomic E-state index is 11.9. The van der Waals surface area contributed by atoms with Gasteiger partial charge in [0.05, 0.1) is 12.8 Å². The molecule has 1 unspecified atom stereocenters. The van der Waals surface area contributed by atoms with E-state index in [1.54, 1.807) is 19.1 Å². The highest BCUT2D eigenvalue weighted by Crippen LogP contribution is 2.38. The van der Waals surface area contributed by atoms with Gasteiger partial charge in [0.15, 0.2) is 5.82 Å². The van der Waals surface area contributed by atoms with Crippen molar-refractivity contribution in [3.05, 3.63) is 35.9 Å². The van der Waals surface area contributed by atoms with Crippen molar-refractivity contribution >= 4 is 5.91 Å². The van der Waals surface area contributed by atoms with E-state index >= 15 is 0 Å². The summed E-state index contributed by atoms with van der Waals surface area (Å²) in [4.78, 5) is 16.2. The van der Waals surface area contributed by atoms with E-state index in [9.17, 15) is 9.90 Å². The summed E-state index contributed by atoms with van der Waals surface area (Å²) in [6.07, 6.45) is 5.32. The molecule has 7 heteroatoms. The molecule has 0 bridgehead atoms. The minimum atomic E-state index is -1.22. The van der Waals surface area contributed by atoms with Crippen molar-refractivity contribution in [3.8, 4) is 0 Å². The Balaban J connectivity index is 1.37. The van der Waals surface area contributed by atoms with Crippen molar-refractivity contribution in [1.82, 2.24) is 15.5 Å². The molecule has 1 atom stereocenters. The second-order valence-corrected chi connectivity index (χ2v) is 6.20. The van der Waals surface area contributed by atoms with Gasteiger partial charge in [-0.15, -0.1) is 0 Å². The number of amides is 1. The van der Waals surface area contributed by atoms with Crippen LogP contribution in [0.3, 0.4) is 0 Å². The van der Waals surface area contributed by atoms with Gasteiger partial charge < -0.3 is 19.4 Å². The van der Waals surface area contributed by atoms with E-state index in [1.165, 1.54) is 6.26 Å². The number of carbonyl (C=O) groups excluding carboxylic acids is 1. The molecule has 23 heavy (non-hydrogen) atoms. The Bertz CT molecular complexity index is 644. The Morgan fingerprint density at radius 3 is 3.04 bits per heavy atom. The van der Waals surface area contributed by atoms with E-state index in [1.807, 2.05) is 0 Å². The average molecular weight is 319 g/mol. The standard InChI is InChI=1S/C16H21N3O4/c1-16(21,12-4-3-9-22-12)10-17-13(20)5-2-6-14-18-15(19-23-14)11-7-8-11/h3-4,9,11,21H,2,5-8,10H2,1H3,(H,17,20). The molecule has 0 saturated heterocycles. The van der Waals surface area contributed by atoms with Gasteiger partial charge in [0.25, 0.3) is 0 Å². The fourth-order valence-corrected chi connectivity index (χ4v) is 2.31. The highest BCUT2D eigenvalue weighted by molar-refractivity contribution is 5.75. The first kappa shape index (κ1) is 15.7. The van der Waals surface area contributed by atoms with E-state index in [-0.39, 0.29) is 12.5 Å². The molecular formula is C16H21N3O4. The third-order valence-electron chi connectivity index (χ3n) is 3.90. The Labute approximate surface area is 134 Å². The smallest absolute Gasteiger partial charge is 0.226 e. The van der Waals surface area contributed by atoms with Gasteiger partial charge in [0.2, 0.25) is 11.8 Å². The van der Waals surface area contributed by atoms with Crippen LogP contribution in [0.25, 0.3) is 0 Å². The Kier molecular flexibility index (Phi) is 4.47. The predicted molar refractivity (Wildman–Crippen MR) is 80.5 cm³/mol. The van der Waals surface area contributed by atoms with Crippen molar-refractivity contribution in [2.45, 2.75) is 50.5 Å². The van der Waals surface area contributed by atoms with E-state index in [4.69, 9.17) is 8.94 Å². The number of aliphatic hydroxyl groups is 1. The van der Waals surface area contributed by atoms with Crippen LogP contribution in [0.15, 0.2) is 27.3 Å². The summed E-state index contributed by atoms with van der Waals surface area (Å²) in [7, 11) is 0. The van der Waals surface area contributed by atoms with Gasteiger partial charge in [-0.1, -0.05) is 5.16 Å². The lowest BCUT2D eigenvalue weighted by Gasteiger charge is -2.21. The lowest BCUT2D eigenvalue weighted by atomic mass is 10.0. The van der Waals surface area contributed by atoms with Crippen molar-refractivity contribution in [3.63, 3.8) is 0 Å². The zero-order valence-corrected chi connectivity index (χ0v) is 13.1. The fourth-order valence-electron chi connectivity index (χ4n) is 2.31. The van der Waals surface area contributed by atoms with Gasteiger partial charge in [-0.25, -0.2) is 0 Å². The SMILES string of the molecule is CC(O)(CNC(=O)CCCc1nc(C2CC2)no1)c1ccco1. The van der Waals surface area contributed by atoms with E-state index in [2.05, 4.69) is 15.5 Å². The van der Waals surface area contributed by atoms with Crippen LogP contribution in [0.2, 0.25) is 0 Å². The Morgan fingerprint density at radius 1 is 1.52 bits per heavy atom. The largest absolute Gasteiger partial charge is 0.466 e. The highest BCUT2D eigenvalue weighted by Gasteiger charge is 2.29. The number of carbonyl (C=O) groups is 1. The molecule has 7 nitrogen and oxygen atoms in total. The molecule has 0 aromatic carbocycles. The van der Waals surface area contributed by atoms with Crippen molar-refractivity contribution in [2.75, 3.05) is 6.54 Å².